The first-order valence-electron chi connectivity index (χ1n) is 5.59. The molecule has 0 amide bonds. The predicted octanol–water partition coefficient (Wildman–Crippen LogP) is 2.54. The molecule has 0 aliphatic heterocycles. The van der Waals surface area contributed by atoms with Crippen molar-refractivity contribution in [2.45, 2.75) is 33.2 Å². The summed E-state index contributed by atoms with van der Waals surface area (Å²) in [6.45, 7) is 8.03. The van der Waals surface area contributed by atoms with Crippen molar-refractivity contribution in [1.29, 1.82) is 0 Å². The summed E-state index contributed by atoms with van der Waals surface area (Å²) in [4.78, 5) is 4.18. The summed E-state index contributed by atoms with van der Waals surface area (Å²) in [5, 5.41) is 3.35. The number of hydrogen-bond donors (Lipinski definition) is 1. The molecule has 0 aliphatic carbocycles. The van der Waals surface area contributed by atoms with Gasteiger partial charge in [-0.25, -0.2) is 0 Å². The number of aromatic nitrogens is 1. The second kappa shape index (κ2) is 6.40. The lowest BCUT2D eigenvalue weighted by molar-refractivity contribution is 0.315. The first-order chi connectivity index (χ1) is 7.27. The molecule has 0 bridgehead atoms. The zero-order valence-electron chi connectivity index (χ0n) is 9.79. The number of rotatable bonds is 6. The molecule has 0 aliphatic rings. The molecule has 15 heavy (non-hydrogen) atoms. The molecule has 3 heteroatoms. The summed E-state index contributed by atoms with van der Waals surface area (Å²) in [5.41, 5.74) is 1.17. The number of ether oxygens (including phenoxy) is 1. The molecule has 1 unspecified atom stereocenters. The Hall–Kier alpha value is -1.09. The fourth-order valence-corrected chi connectivity index (χ4v) is 1.40. The quantitative estimate of drug-likeness (QED) is 0.780. The summed E-state index contributed by atoms with van der Waals surface area (Å²) in [6.07, 6.45) is 4.66. The highest BCUT2D eigenvalue weighted by atomic mass is 16.5. The standard InChI is InChI=1S/C12H20N2O/c1-4-6-15-12-7-11(8-13-9-12)10(3)14-5-2/h7-10,14H,4-6H2,1-3H3. The molecule has 0 saturated heterocycles. The van der Waals surface area contributed by atoms with Crippen LogP contribution < -0.4 is 10.1 Å². The van der Waals surface area contributed by atoms with Gasteiger partial charge in [0.25, 0.3) is 0 Å². The van der Waals surface area contributed by atoms with Crippen molar-refractivity contribution >= 4 is 0 Å². The second-order valence-corrected chi connectivity index (χ2v) is 3.58. The molecule has 0 radical (unpaired) electrons. The van der Waals surface area contributed by atoms with Crippen molar-refractivity contribution < 1.29 is 4.74 Å². The summed E-state index contributed by atoms with van der Waals surface area (Å²) in [6, 6.07) is 2.38. The molecule has 0 fully saturated rings. The molecule has 1 aromatic rings. The molecule has 1 N–H and O–H groups in total. The summed E-state index contributed by atoms with van der Waals surface area (Å²) in [7, 11) is 0. The summed E-state index contributed by atoms with van der Waals surface area (Å²) >= 11 is 0. The van der Waals surface area contributed by atoms with Crippen molar-refractivity contribution in [2.75, 3.05) is 13.2 Å². The molecule has 1 atom stereocenters. The zero-order chi connectivity index (χ0) is 11.1. The average molecular weight is 208 g/mol. The van der Waals surface area contributed by atoms with Crippen LogP contribution in [0.1, 0.15) is 38.8 Å². The average Bonchev–Trinajstić information content (AvgIpc) is 2.27. The Kier molecular flexibility index (Phi) is 5.12. The first kappa shape index (κ1) is 12.0. The molecule has 0 aromatic carbocycles. The van der Waals surface area contributed by atoms with Gasteiger partial charge in [-0.05, 0) is 31.5 Å². The molecule has 0 spiro atoms. The third kappa shape index (κ3) is 3.88. The van der Waals surface area contributed by atoms with Gasteiger partial charge < -0.3 is 10.1 Å². The van der Waals surface area contributed by atoms with E-state index in [0.29, 0.717) is 6.04 Å². The van der Waals surface area contributed by atoms with E-state index in [1.807, 2.05) is 6.20 Å². The van der Waals surface area contributed by atoms with Gasteiger partial charge in [0.05, 0.1) is 12.8 Å². The molecule has 3 nitrogen and oxygen atoms in total. The van der Waals surface area contributed by atoms with Gasteiger partial charge in [-0.2, -0.15) is 0 Å². The SMILES string of the molecule is CCCOc1cncc(C(C)NCC)c1. The lowest BCUT2D eigenvalue weighted by atomic mass is 10.1. The maximum atomic E-state index is 5.53. The van der Waals surface area contributed by atoms with Gasteiger partial charge in [-0.15, -0.1) is 0 Å². The van der Waals surface area contributed by atoms with Gasteiger partial charge in [0.15, 0.2) is 0 Å². The van der Waals surface area contributed by atoms with Crippen LogP contribution in [0.5, 0.6) is 5.75 Å². The number of nitrogens with one attached hydrogen (secondary N) is 1. The Morgan fingerprint density at radius 3 is 2.87 bits per heavy atom. The minimum atomic E-state index is 0.327. The maximum absolute atomic E-state index is 5.53. The monoisotopic (exact) mass is 208 g/mol. The maximum Gasteiger partial charge on any atom is 0.137 e. The van der Waals surface area contributed by atoms with Crippen molar-refractivity contribution in [2.24, 2.45) is 0 Å². The first-order valence-corrected chi connectivity index (χ1v) is 5.59. The topological polar surface area (TPSA) is 34.1 Å². The summed E-state index contributed by atoms with van der Waals surface area (Å²) < 4.78 is 5.53. The summed E-state index contributed by atoms with van der Waals surface area (Å²) in [5.74, 6) is 0.860. The third-order valence-electron chi connectivity index (χ3n) is 2.22. The van der Waals surface area contributed by atoms with Crippen LogP contribution in [0.15, 0.2) is 18.5 Å². The van der Waals surface area contributed by atoms with E-state index in [9.17, 15) is 0 Å². The zero-order valence-corrected chi connectivity index (χ0v) is 9.79. The third-order valence-corrected chi connectivity index (χ3v) is 2.22. The second-order valence-electron chi connectivity index (χ2n) is 3.58. The van der Waals surface area contributed by atoms with E-state index in [-0.39, 0.29) is 0 Å². The van der Waals surface area contributed by atoms with Gasteiger partial charge in [0, 0.05) is 12.2 Å². The van der Waals surface area contributed by atoms with Gasteiger partial charge in [0.1, 0.15) is 5.75 Å². The van der Waals surface area contributed by atoms with E-state index in [1.165, 1.54) is 5.56 Å². The smallest absolute Gasteiger partial charge is 0.137 e. The van der Waals surface area contributed by atoms with E-state index in [0.717, 1.165) is 25.3 Å². The van der Waals surface area contributed by atoms with Gasteiger partial charge in [-0.3, -0.25) is 4.98 Å². The fraction of sp³-hybridized carbons (Fsp3) is 0.583. The van der Waals surface area contributed by atoms with Crippen molar-refractivity contribution in [3.05, 3.63) is 24.0 Å². The van der Waals surface area contributed by atoms with E-state index < -0.39 is 0 Å². The molecule has 1 heterocycles. The van der Waals surface area contributed by atoms with Crippen molar-refractivity contribution in [3.8, 4) is 5.75 Å². The van der Waals surface area contributed by atoms with E-state index in [2.05, 4.69) is 37.1 Å². The molecular weight excluding hydrogens is 188 g/mol. The van der Waals surface area contributed by atoms with E-state index in [4.69, 9.17) is 4.74 Å². The van der Waals surface area contributed by atoms with Crippen LogP contribution in [0.25, 0.3) is 0 Å². The van der Waals surface area contributed by atoms with E-state index >= 15 is 0 Å². The molecule has 1 aromatic heterocycles. The molecule has 84 valence electrons. The minimum absolute atomic E-state index is 0.327. The molecular formula is C12H20N2O. The lowest BCUT2D eigenvalue weighted by Gasteiger charge is -2.13. The van der Waals surface area contributed by atoms with Crippen LogP contribution in [0.3, 0.4) is 0 Å². The number of nitrogens with zero attached hydrogens (tertiary/aromatic N) is 1. The van der Waals surface area contributed by atoms with E-state index in [1.54, 1.807) is 6.20 Å². The van der Waals surface area contributed by atoms with Crippen molar-refractivity contribution in [1.82, 2.24) is 10.3 Å². The Morgan fingerprint density at radius 1 is 1.40 bits per heavy atom. The molecule has 1 rings (SSSR count). The van der Waals surface area contributed by atoms with Crippen molar-refractivity contribution in [3.63, 3.8) is 0 Å². The van der Waals surface area contributed by atoms with Crippen LogP contribution in [-0.2, 0) is 0 Å². The highest BCUT2D eigenvalue weighted by Gasteiger charge is 2.05. The number of pyridine rings is 1. The fourth-order valence-electron chi connectivity index (χ4n) is 1.40. The predicted molar refractivity (Wildman–Crippen MR) is 62.1 cm³/mol. The Balaban J connectivity index is 2.64. The normalized spacial score (nSPS) is 12.5. The Labute approximate surface area is 91.9 Å². The van der Waals surface area contributed by atoms with Crippen LogP contribution in [-0.4, -0.2) is 18.1 Å². The van der Waals surface area contributed by atoms with Crippen LogP contribution in [0.4, 0.5) is 0 Å². The molecule has 0 saturated carbocycles. The van der Waals surface area contributed by atoms with Crippen LogP contribution in [0.2, 0.25) is 0 Å². The minimum Gasteiger partial charge on any atom is -0.492 e. The Bertz CT molecular complexity index is 289. The highest BCUT2D eigenvalue weighted by Crippen LogP contribution is 2.17. The van der Waals surface area contributed by atoms with Gasteiger partial charge in [-0.1, -0.05) is 13.8 Å². The highest BCUT2D eigenvalue weighted by molar-refractivity contribution is 5.25. The van der Waals surface area contributed by atoms with Gasteiger partial charge >= 0.3 is 0 Å². The lowest BCUT2D eigenvalue weighted by Crippen LogP contribution is -2.17. The Morgan fingerprint density at radius 2 is 2.20 bits per heavy atom. The largest absolute Gasteiger partial charge is 0.492 e. The number of hydrogen-bond acceptors (Lipinski definition) is 3. The van der Waals surface area contributed by atoms with Crippen LogP contribution >= 0.6 is 0 Å². The van der Waals surface area contributed by atoms with Crippen LogP contribution in [0, 0.1) is 0 Å². The van der Waals surface area contributed by atoms with Gasteiger partial charge in [0.2, 0.25) is 0 Å².